The molecule has 78 valence electrons. The van der Waals surface area contributed by atoms with Crippen LogP contribution in [0, 0.1) is 3.82 Å². The summed E-state index contributed by atoms with van der Waals surface area (Å²) in [5.74, 6) is 0. The molecular formula is C11H11NS3. The van der Waals surface area contributed by atoms with Crippen molar-refractivity contribution in [2.75, 3.05) is 11.9 Å². The van der Waals surface area contributed by atoms with E-state index in [0.29, 0.717) is 0 Å². The van der Waals surface area contributed by atoms with Crippen LogP contribution < -0.4 is 5.32 Å². The van der Waals surface area contributed by atoms with E-state index in [9.17, 15) is 0 Å². The van der Waals surface area contributed by atoms with Gasteiger partial charge in [-0.1, -0.05) is 63.2 Å². The molecule has 0 saturated carbocycles. The molecule has 1 N–H and O–H groups in total. The average Bonchev–Trinajstić information content (AvgIpc) is 2.66. The minimum absolute atomic E-state index is 0.960. The van der Waals surface area contributed by atoms with Gasteiger partial charge in [-0.05, 0) is 12.0 Å². The lowest BCUT2D eigenvalue weighted by Crippen LogP contribution is -2.02. The highest BCUT2D eigenvalue weighted by Gasteiger charge is 1.95. The van der Waals surface area contributed by atoms with Crippen molar-refractivity contribution in [3.05, 3.63) is 45.8 Å². The van der Waals surface area contributed by atoms with Gasteiger partial charge < -0.3 is 5.32 Å². The van der Waals surface area contributed by atoms with Gasteiger partial charge in [-0.25, -0.2) is 0 Å². The third-order valence-electron chi connectivity index (χ3n) is 2.02. The van der Waals surface area contributed by atoms with E-state index in [2.05, 4.69) is 29.6 Å². The van der Waals surface area contributed by atoms with Gasteiger partial charge in [0.25, 0.3) is 0 Å². The Morgan fingerprint density at radius 2 is 1.93 bits per heavy atom. The van der Waals surface area contributed by atoms with E-state index in [1.54, 1.807) is 20.7 Å². The highest BCUT2D eigenvalue weighted by Crippen LogP contribution is 2.22. The van der Waals surface area contributed by atoms with Crippen LogP contribution in [0.25, 0.3) is 0 Å². The van der Waals surface area contributed by atoms with Crippen LogP contribution in [0.5, 0.6) is 0 Å². The van der Waals surface area contributed by atoms with E-state index in [1.807, 2.05) is 12.1 Å². The van der Waals surface area contributed by atoms with E-state index < -0.39 is 0 Å². The maximum absolute atomic E-state index is 5.07. The topological polar surface area (TPSA) is 12.0 Å². The fourth-order valence-corrected chi connectivity index (χ4v) is 3.52. The molecule has 0 bridgehead atoms. The van der Waals surface area contributed by atoms with Crippen molar-refractivity contribution in [2.45, 2.75) is 6.42 Å². The second kappa shape index (κ2) is 5.39. The number of anilines is 1. The maximum Gasteiger partial charge on any atom is 0.104 e. The number of hydrogen-bond donors (Lipinski definition) is 1. The Balaban J connectivity index is 1.83. The van der Waals surface area contributed by atoms with E-state index in [1.165, 1.54) is 10.6 Å². The molecule has 2 aromatic rings. The minimum atomic E-state index is 0.960. The number of rotatable bonds is 4. The summed E-state index contributed by atoms with van der Waals surface area (Å²) in [6, 6.07) is 12.5. The van der Waals surface area contributed by atoms with Crippen molar-refractivity contribution in [2.24, 2.45) is 0 Å². The SMILES string of the molecule is S=c1cc(NCCc2ccccc2)ss1. The zero-order valence-electron chi connectivity index (χ0n) is 8.10. The Kier molecular flexibility index (Phi) is 3.88. The van der Waals surface area contributed by atoms with Crippen molar-refractivity contribution in [1.82, 2.24) is 0 Å². The fourth-order valence-electron chi connectivity index (χ4n) is 1.30. The van der Waals surface area contributed by atoms with Crippen LogP contribution >= 0.6 is 32.9 Å². The lowest BCUT2D eigenvalue weighted by molar-refractivity contribution is 1.02. The molecule has 0 aliphatic rings. The molecule has 0 saturated heterocycles. The Morgan fingerprint density at radius 3 is 2.60 bits per heavy atom. The Hall–Kier alpha value is -0.710. The normalized spacial score (nSPS) is 10.1. The smallest absolute Gasteiger partial charge is 0.104 e. The summed E-state index contributed by atoms with van der Waals surface area (Å²) < 4.78 is 0.960. The molecule has 0 spiro atoms. The molecule has 0 fully saturated rings. The first kappa shape index (κ1) is 10.8. The summed E-state index contributed by atoms with van der Waals surface area (Å²) in [6.07, 6.45) is 1.05. The summed E-state index contributed by atoms with van der Waals surface area (Å²) >= 11 is 5.07. The molecule has 1 aromatic heterocycles. The second-order valence-electron chi connectivity index (χ2n) is 3.16. The van der Waals surface area contributed by atoms with Crippen molar-refractivity contribution in [1.29, 1.82) is 0 Å². The average molecular weight is 253 g/mol. The monoisotopic (exact) mass is 253 g/mol. The molecule has 0 unspecified atom stereocenters. The lowest BCUT2D eigenvalue weighted by Gasteiger charge is -2.02. The first-order valence-corrected chi connectivity index (χ1v) is 7.28. The standard InChI is InChI=1S/C11H11NS3/c13-11-8-10(14-15-11)12-7-6-9-4-2-1-3-5-9/h1-5,8,12H,6-7H2. The van der Waals surface area contributed by atoms with E-state index in [-0.39, 0.29) is 0 Å². The van der Waals surface area contributed by atoms with Gasteiger partial charge in [0.1, 0.15) is 8.82 Å². The highest BCUT2D eigenvalue weighted by molar-refractivity contribution is 7.80. The van der Waals surface area contributed by atoms with Crippen LogP contribution in [0.3, 0.4) is 0 Å². The van der Waals surface area contributed by atoms with Gasteiger partial charge in [0.15, 0.2) is 0 Å². The summed E-state index contributed by atoms with van der Waals surface area (Å²) in [4.78, 5) is 0. The first-order chi connectivity index (χ1) is 7.34. The molecule has 0 radical (unpaired) electrons. The van der Waals surface area contributed by atoms with Crippen molar-refractivity contribution in [3.8, 4) is 0 Å². The summed E-state index contributed by atoms with van der Waals surface area (Å²) in [7, 11) is 3.36. The third-order valence-corrected chi connectivity index (χ3v) is 4.84. The summed E-state index contributed by atoms with van der Waals surface area (Å²) in [5, 5.41) is 4.56. The van der Waals surface area contributed by atoms with Gasteiger partial charge in [0, 0.05) is 12.6 Å². The fraction of sp³-hybridized carbons (Fsp3) is 0.182. The van der Waals surface area contributed by atoms with Crippen molar-refractivity contribution >= 4 is 37.9 Å². The van der Waals surface area contributed by atoms with Gasteiger partial charge in [-0.2, -0.15) is 0 Å². The minimum Gasteiger partial charge on any atom is -0.376 e. The Labute approximate surface area is 102 Å². The molecule has 0 aliphatic heterocycles. The first-order valence-electron chi connectivity index (χ1n) is 4.72. The third kappa shape index (κ3) is 3.41. The predicted molar refractivity (Wildman–Crippen MR) is 71.7 cm³/mol. The highest BCUT2D eigenvalue weighted by atomic mass is 32.9. The van der Waals surface area contributed by atoms with Crippen LogP contribution in [0.2, 0.25) is 0 Å². The Bertz CT molecular complexity index is 458. The molecule has 0 amide bonds. The molecule has 4 heteroatoms. The maximum atomic E-state index is 5.07. The summed E-state index contributed by atoms with van der Waals surface area (Å²) in [5.41, 5.74) is 1.36. The van der Waals surface area contributed by atoms with Gasteiger partial charge in [0.05, 0.1) is 0 Å². The van der Waals surface area contributed by atoms with Gasteiger partial charge in [0.2, 0.25) is 0 Å². The molecule has 2 rings (SSSR count). The molecule has 0 atom stereocenters. The van der Waals surface area contributed by atoms with Crippen LogP contribution in [-0.4, -0.2) is 6.54 Å². The van der Waals surface area contributed by atoms with E-state index in [0.717, 1.165) is 16.8 Å². The quantitative estimate of drug-likeness (QED) is 0.647. The van der Waals surface area contributed by atoms with Gasteiger partial charge >= 0.3 is 0 Å². The second-order valence-corrected chi connectivity index (χ2v) is 6.07. The predicted octanol–water partition coefficient (Wildman–Crippen LogP) is 4.19. The molecular weight excluding hydrogens is 242 g/mol. The molecule has 0 aliphatic carbocycles. The number of hydrogen-bond acceptors (Lipinski definition) is 4. The van der Waals surface area contributed by atoms with Gasteiger partial charge in [-0.3, -0.25) is 0 Å². The Morgan fingerprint density at radius 1 is 1.13 bits per heavy atom. The van der Waals surface area contributed by atoms with Crippen LogP contribution in [-0.2, 0) is 6.42 Å². The van der Waals surface area contributed by atoms with E-state index in [4.69, 9.17) is 12.2 Å². The largest absolute Gasteiger partial charge is 0.376 e. The molecule has 1 aromatic carbocycles. The zero-order chi connectivity index (χ0) is 10.5. The lowest BCUT2D eigenvalue weighted by atomic mass is 10.1. The molecule has 1 nitrogen and oxygen atoms in total. The van der Waals surface area contributed by atoms with Crippen LogP contribution in [0.15, 0.2) is 36.4 Å². The van der Waals surface area contributed by atoms with E-state index >= 15 is 0 Å². The summed E-state index contributed by atoms with van der Waals surface area (Å²) in [6.45, 7) is 0.964. The number of nitrogens with one attached hydrogen (secondary N) is 1. The van der Waals surface area contributed by atoms with Crippen LogP contribution in [0.4, 0.5) is 5.00 Å². The van der Waals surface area contributed by atoms with Crippen molar-refractivity contribution < 1.29 is 0 Å². The molecule has 15 heavy (non-hydrogen) atoms. The van der Waals surface area contributed by atoms with Gasteiger partial charge in [-0.15, -0.1) is 0 Å². The molecule has 1 heterocycles. The number of benzene rings is 1. The zero-order valence-corrected chi connectivity index (χ0v) is 10.6. The van der Waals surface area contributed by atoms with Crippen molar-refractivity contribution in [3.63, 3.8) is 0 Å². The van der Waals surface area contributed by atoms with Crippen LogP contribution in [0.1, 0.15) is 5.56 Å².